The van der Waals surface area contributed by atoms with E-state index >= 15 is 0 Å². The van der Waals surface area contributed by atoms with Crippen LogP contribution in [0.3, 0.4) is 0 Å². The molecule has 0 bridgehead atoms. The Kier molecular flexibility index (Phi) is 3.93. The fourth-order valence-corrected chi connectivity index (χ4v) is 2.95. The van der Waals surface area contributed by atoms with Crippen molar-refractivity contribution >= 4 is 43.2 Å². The Morgan fingerprint density at radius 2 is 2.16 bits per heavy atom. The lowest BCUT2D eigenvalue weighted by molar-refractivity contribution is 0.600. The fourth-order valence-electron chi connectivity index (χ4n) is 1.30. The van der Waals surface area contributed by atoms with Gasteiger partial charge in [0.1, 0.15) is 0 Å². The summed E-state index contributed by atoms with van der Waals surface area (Å²) in [5.41, 5.74) is -0.537. The molecule has 19 heavy (non-hydrogen) atoms. The van der Waals surface area contributed by atoms with Gasteiger partial charge in [-0.25, -0.2) is 13.4 Å². The molecule has 0 unspecified atom stereocenters. The number of hydrogen-bond acceptors (Lipinski definition) is 4. The molecule has 2 aromatic heterocycles. The summed E-state index contributed by atoms with van der Waals surface area (Å²) in [4.78, 5) is 17.4. The predicted molar refractivity (Wildman–Crippen MR) is 74.8 cm³/mol. The van der Waals surface area contributed by atoms with Gasteiger partial charge in [-0.15, -0.1) is 0 Å². The molecular formula is C10H7BrClN3O3S. The van der Waals surface area contributed by atoms with Crippen LogP contribution < -0.4 is 10.2 Å². The highest BCUT2D eigenvalue weighted by molar-refractivity contribution is 9.10. The maximum atomic E-state index is 12.1. The van der Waals surface area contributed by atoms with Crippen LogP contribution in [0.5, 0.6) is 0 Å². The molecular weight excluding hydrogens is 358 g/mol. The van der Waals surface area contributed by atoms with Gasteiger partial charge in [-0.05, 0) is 22.0 Å². The monoisotopic (exact) mass is 363 g/mol. The summed E-state index contributed by atoms with van der Waals surface area (Å²) in [5.74, 6) is 0. The Balaban J connectivity index is 2.45. The molecule has 2 heterocycles. The first kappa shape index (κ1) is 14.0. The molecule has 0 spiro atoms. The van der Waals surface area contributed by atoms with Gasteiger partial charge in [-0.2, -0.15) is 0 Å². The summed E-state index contributed by atoms with van der Waals surface area (Å²) >= 11 is 8.94. The molecule has 0 aliphatic carbocycles. The van der Waals surface area contributed by atoms with Crippen molar-refractivity contribution in [1.82, 2.24) is 9.97 Å². The highest BCUT2D eigenvalue weighted by atomic mass is 79.9. The van der Waals surface area contributed by atoms with Crippen molar-refractivity contribution in [2.75, 3.05) is 4.72 Å². The van der Waals surface area contributed by atoms with E-state index in [4.69, 9.17) is 11.6 Å². The molecule has 100 valence electrons. The number of pyridine rings is 2. The van der Waals surface area contributed by atoms with Crippen molar-refractivity contribution in [1.29, 1.82) is 0 Å². The third kappa shape index (κ3) is 3.14. The van der Waals surface area contributed by atoms with Crippen molar-refractivity contribution in [2.45, 2.75) is 4.90 Å². The summed E-state index contributed by atoms with van der Waals surface area (Å²) in [6.07, 6.45) is 3.87. The molecule has 0 saturated heterocycles. The number of nitrogens with one attached hydrogen (secondary N) is 2. The topological polar surface area (TPSA) is 91.9 Å². The number of nitrogens with zero attached hydrogens (tertiary/aromatic N) is 1. The molecule has 0 aliphatic rings. The van der Waals surface area contributed by atoms with Crippen LogP contribution in [-0.4, -0.2) is 18.4 Å². The Labute approximate surface area is 122 Å². The first-order valence-corrected chi connectivity index (χ1v) is 7.56. The van der Waals surface area contributed by atoms with Gasteiger partial charge < -0.3 is 4.98 Å². The molecule has 6 nitrogen and oxygen atoms in total. The summed E-state index contributed by atoms with van der Waals surface area (Å²) in [7, 11) is -4.02. The highest BCUT2D eigenvalue weighted by Crippen LogP contribution is 2.24. The number of hydrogen-bond donors (Lipinski definition) is 2. The summed E-state index contributed by atoms with van der Waals surface area (Å²) in [6.45, 7) is 0. The van der Waals surface area contributed by atoms with Crippen LogP contribution in [-0.2, 0) is 10.0 Å². The zero-order valence-electron chi connectivity index (χ0n) is 9.22. The standard InChI is InChI=1S/C10H7BrClN3O3S/c11-6-3-7(10(12)14-4-6)15-19(17,18)9-5-13-2-1-8(9)16/h1-5,15H,(H,13,16). The lowest BCUT2D eigenvalue weighted by Crippen LogP contribution is -2.21. The van der Waals surface area contributed by atoms with Crippen molar-refractivity contribution in [3.05, 3.63) is 50.6 Å². The van der Waals surface area contributed by atoms with E-state index in [-0.39, 0.29) is 10.8 Å². The molecule has 0 atom stereocenters. The van der Waals surface area contributed by atoms with E-state index in [2.05, 4.69) is 30.6 Å². The molecule has 0 fully saturated rings. The second-order valence-electron chi connectivity index (χ2n) is 3.47. The molecule has 0 amide bonds. The summed E-state index contributed by atoms with van der Waals surface area (Å²) in [6, 6.07) is 2.57. The van der Waals surface area contributed by atoms with Gasteiger partial charge in [-0.3, -0.25) is 9.52 Å². The van der Waals surface area contributed by atoms with Crippen LogP contribution in [0, 0.1) is 0 Å². The van der Waals surface area contributed by atoms with Crippen LogP contribution in [0.15, 0.2) is 44.9 Å². The quantitative estimate of drug-likeness (QED) is 0.815. The lowest BCUT2D eigenvalue weighted by Gasteiger charge is -2.08. The maximum Gasteiger partial charge on any atom is 0.267 e. The van der Waals surface area contributed by atoms with Gasteiger partial charge in [0.25, 0.3) is 10.0 Å². The molecule has 0 aliphatic heterocycles. The Morgan fingerprint density at radius 1 is 1.42 bits per heavy atom. The largest absolute Gasteiger partial charge is 0.366 e. The predicted octanol–water partition coefficient (Wildman–Crippen LogP) is 1.99. The second kappa shape index (κ2) is 5.32. The first-order valence-electron chi connectivity index (χ1n) is 4.91. The average molecular weight is 365 g/mol. The Bertz CT molecular complexity index is 776. The molecule has 9 heteroatoms. The van der Waals surface area contributed by atoms with E-state index in [9.17, 15) is 13.2 Å². The number of H-pyrrole nitrogens is 1. The molecule has 2 rings (SSSR count). The van der Waals surface area contributed by atoms with Crippen LogP contribution in [0.25, 0.3) is 0 Å². The van der Waals surface area contributed by atoms with Crippen LogP contribution >= 0.6 is 27.5 Å². The van der Waals surface area contributed by atoms with E-state index in [0.717, 1.165) is 12.3 Å². The van der Waals surface area contributed by atoms with Crippen molar-refractivity contribution in [3.8, 4) is 0 Å². The smallest absolute Gasteiger partial charge is 0.267 e. The average Bonchev–Trinajstić information content (AvgIpc) is 2.34. The van der Waals surface area contributed by atoms with E-state index in [1.54, 1.807) is 0 Å². The zero-order chi connectivity index (χ0) is 14.0. The van der Waals surface area contributed by atoms with E-state index in [1.807, 2.05) is 0 Å². The van der Waals surface area contributed by atoms with Gasteiger partial charge in [0, 0.05) is 29.1 Å². The zero-order valence-corrected chi connectivity index (χ0v) is 12.4. The number of aromatic nitrogens is 2. The Morgan fingerprint density at radius 3 is 2.84 bits per heavy atom. The number of rotatable bonds is 3. The normalized spacial score (nSPS) is 11.3. The minimum Gasteiger partial charge on any atom is -0.366 e. The van der Waals surface area contributed by atoms with Crippen molar-refractivity contribution in [2.24, 2.45) is 0 Å². The number of anilines is 1. The molecule has 0 radical (unpaired) electrons. The van der Waals surface area contributed by atoms with E-state index in [0.29, 0.717) is 4.47 Å². The number of halogens is 2. The SMILES string of the molecule is O=c1cc[nH]cc1S(=O)(=O)Nc1cc(Br)cnc1Cl. The Hall–Kier alpha value is -1.38. The molecule has 0 aromatic carbocycles. The second-order valence-corrected chi connectivity index (χ2v) is 6.39. The summed E-state index contributed by atoms with van der Waals surface area (Å²) < 4.78 is 26.9. The third-order valence-corrected chi connectivity index (χ3v) is 4.25. The number of aromatic amines is 1. The molecule has 2 N–H and O–H groups in total. The van der Waals surface area contributed by atoms with Gasteiger partial charge in [0.05, 0.1) is 5.69 Å². The maximum absolute atomic E-state index is 12.1. The van der Waals surface area contributed by atoms with Gasteiger partial charge in [0.15, 0.2) is 10.0 Å². The molecule has 0 saturated carbocycles. The minimum atomic E-state index is -4.02. The summed E-state index contributed by atoms with van der Waals surface area (Å²) in [5, 5.41) is -0.0147. The first-order chi connectivity index (χ1) is 8.90. The third-order valence-electron chi connectivity index (χ3n) is 2.13. The van der Waals surface area contributed by atoms with Crippen LogP contribution in [0.4, 0.5) is 5.69 Å². The number of sulfonamides is 1. The van der Waals surface area contributed by atoms with Crippen LogP contribution in [0.1, 0.15) is 0 Å². The van der Waals surface area contributed by atoms with E-state index < -0.39 is 20.3 Å². The van der Waals surface area contributed by atoms with Crippen molar-refractivity contribution < 1.29 is 8.42 Å². The molecule has 2 aromatic rings. The van der Waals surface area contributed by atoms with Gasteiger partial charge >= 0.3 is 0 Å². The lowest BCUT2D eigenvalue weighted by atomic mass is 10.4. The van der Waals surface area contributed by atoms with Gasteiger partial charge in [-0.1, -0.05) is 11.6 Å². The highest BCUT2D eigenvalue weighted by Gasteiger charge is 2.19. The minimum absolute atomic E-state index is 0.0147. The van der Waals surface area contributed by atoms with Crippen molar-refractivity contribution in [3.63, 3.8) is 0 Å². The van der Waals surface area contributed by atoms with Crippen LogP contribution in [0.2, 0.25) is 5.15 Å². The van der Waals surface area contributed by atoms with E-state index in [1.165, 1.54) is 18.5 Å². The fraction of sp³-hybridized carbons (Fsp3) is 0. The van der Waals surface area contributed by atoms with Gasteiger partial charge in [0.2, 0.25) is 5.43 Å².